The molecular formula is C13H18Cl2FN. The predicted molar refractivity (Wildman–Crippen MR) is 72.6 cm³/mol. The second kappa shape index (κ2) is 6.58. The minimum Gasteiger partial charge on any atom is -0.316 e. The molecule has 0 bridgehead atoms. The van der Waals surface area contributed by atoms with Crippen molar-refractivity contribution in [3.05, 3.63) is 33.6 Å². The Balaban J connectivity index is 3.02. The van der Waals surface area contributed by atoms with Crippen molar-refractivity contribution in [2.24, 2.45) is 0 Å². The predicted octanol–water partition coefficient (Wildman–Crippen LogP) is 4.62. The highest BCUT2D eigenvalue weighted by atomic mass is 35.5. The molecular weight excluding hydrogens is 260 g/mol. The van der Waals surface area contributed by atoms with Crippen LogP contribution < -0.4 is 5.32 Å². The molecule has 1 rings (SSSR count). The fourth-order valence-corrected chi connectivity index (χ4v) is 2.61. The molecule has 0 aromatic heterocycles. The van der Waals surface area contributed by atoms with E-state index in [1.165, 1.54) is 12.1 Å². The van der Waals surface area contributed by atoms with E-state index >= 15 is 0 Å². The molecule has 4 heteroatoms. The van der Waals surface area contributed by atoms with E-state index in [9.17, 15) is 4.39 Å². The second-order valence-corrected chi connectivity index (χ2v) is 5.07. The summed E-state index contributed by atoms with van der Waals surface area (Å²) >= 11 is 11.8. The standard InChI is InChI=1S/C13H18Cl2FN/c1-4-5-13(17-3)8(2)9-6-12(16)11(15)7-10(9)14/h6-8,13,17H,4-5H2,1-3H3. The third kappa shape index (κ3) is 3.57. The number of benzene rings is 1. The van der Waals surface area contributed by atoms with Crippen molar-refractivity contribution in [1.29, 1.82) is 0 Å². The van der Waals surface area contributed by atoms with E-state index in [0.717, 1.165) is 18.4 Å². The van der Waals surface area contributed by atoms with Gasteiger partial charge < -0.3 is 5.32 Å². The summed E-state index contributed by atoms with van der Waals surface area (Å²) in [6.45, 7) is 4.17. The summed E-state index contributed by atoms with van der Waals surface area (Å²) < 4.78 is 13.5. The van der Waals surface area contributed by atoms with E-state index < -0.39 is 5.82 Å². The van der Waals surface area contributed by atoms with Crippen LogP contribution in [-0.4, -0.2) is 13.1 Å². The SMILES string of the molecule is CCCC(NC)C(C)c1cc(F)c(Cl)cc1Cl. The topological polar surface area (TPSA) is 12.0 Å². The molecule has 0 aliphatic rings. The average Bonchev–Trinajstić information content (AvgIpc) is 2.30. The fraction of sp³-hybridized carbons (Fsp3) is 0.538. The van der Waals surface area contributed by atoms with Crippen LogP contribution in [0.15, 0.2) is 12.1 Å². The van der Waals surface area contributed by atoms with Crippen LogP contribution in [0.2, 0.25) is 10.0 Å². The molecule has 0 aliphatic heterocycles. The molecule has 0 heterocycles. The zero-order valence-electron chi connectivity index (χ0n) is 10.4. The molecule has 2 atom stereocenters. The Kier molecular flexibility index (Phi) is 5.71. The molecule has 0 amide bonds. The first kappa shape index (κ1) is 14.7. The number of hydrogen-bond donors (Lipinski definition) is 1. The van der Waals surface area contributed by atoms with Gasteiger partial charge in [-0.2, -0.15) is 0 Å². The maximum Gasteiger partial charge on any atom is 0.142 e. The van der Waals surface area contributed by atoms with Gasteiger partial charge in [-0.3, -0.25) is 0 Å². The van der Waals surface area contributed by atoms with Crippen LogP contribution in [0.5, 0.6) is 0 Å². The first-order chi connectivity index (χ1) is 8.01. The fourth-order valence-electron chi connectivity index (χ4n) is 2.06. The molecule has 0 fully saturated rings. The minimum atomic E-state index is -0.413. The monoisotopic (exact) mass is 277 g/mol. The van der Waals surface area contributed by atoms with Gasteiger partial charge in [-0.05, 0) is 37.1 Å². The molecule has 0 radical (unpaired) electrons. The van der Waals surface area contributed by atoms with Crippen LogP contribution in [0.25, 0.3) is 0 Å². The van der Waals surface area contributed by atoms with Crippen LogP contribution in [0.1, 0.15) is 38.2 Å². The first-order valence-corrected chi connectivity index (χ1v) is 6.58. The average molecular weight is 278 g/mol. The molecule has 0 spiro atoms. The molecule has 1 N–H and O–H groups in total. The molecule has 96 valence electrons. The Morgan fingerprint density at radius 3 is 2.47 bits per heavy atom. The number of rotatable bonds is 5. The van der Waals surface area contributed by atoms with Gasteiger partial charge in [-0.1, -0.05) is 43.5 Å². The van der Waals surface area contributed by atoms with Crippen LogP contribution in [0.4, 0.5) is 4.39 Å². The lowest BCUT2D eigenvalue weighted by Gasteiger charge is -2.24. The molecule has 1 aromatic carbocycles. The van der Waals surface area contributed by atoms with Gasteiger partial charge >= 0.3 is 0 Å². The lowest BCUT2D eigenvalue weighted by atomic mass is 9.90. The summed E-state index contributed by atoms with van der Waals surface area (Å²) in [6, 6.07) is 3.20. The van der Waals surface area contributed by atoms with E-state index in [0.29, 0.717) is 5.02 Å². The van der Waals surface area contributed by atoms with Gasteiger partial charge in [-0.25, -0.2) is 4.39 Å². The normalized spacial score (nSPS) is 14.7. The van der Waals surface area contributed by atoms with Gasteiger partial charge in [0.05, 0.1) is 5.02 Å². The van der Waals surface area contributed by atoms with Crippen molar-refractivity contribution in [3.8, 4) is 0 Å². The number of likely N-dealkylation sites (N-methyl/N-ethyl adjacent to an activating group) is 1. The van der Waals surface area contributed by atoms with Crippen molar-refractivity contribution >= 4 is 23.2 Å². The van der Waals surface area contributed by atoms with Crippen LogP contribution in [0.3, 0.4) is 0 Å². The summed E-state index contributed by atoms with van der Waals surface area (Å²) in [5, 5.41) is 3.85. The highest BCUT2D eigenvalue weighted by Gasteiger charge is 2.20. The third-order valence-corrected chi connectivity index (χ3v) is 3.72. The highest BCUT2D eigenvalue weighted by Crippen LogP contribution is 2.32. The van der Waals surface area contributed by atoms with Crippen molar-refractivity contribution < 1.29 is 4.39 Å². The number of nitrogens with one attached hydrogen (secondary N) is 1. The van der Waals surface area contributed by atoms with E-state index in [1.54, 1.807) is 0 Å². The number of hydrogen-bond acceptors (Lipinski definition) is 1. The first-order valence-electron chi connectivity index (χ1n) is 5.83. The Morgan fingerprint density at radius 2 is 1.94 bits per heavy atom. The summed E-state index contributed by atoms with van der Waals surface area (Å²) in [5.41, 5.74) is 0.807. The van der Waals surface area contributed by atoms with Gasteiger partial charge in [0.2, 0.25) is 0 Å². The summed E-state index contributed by atoms with van der Waals surface area (Å²) in [4.78, 5) is 0. The van der Waals surface area contributed by atoms with E-state index in [-0.39, 0.29) is 17.0 Å². The van der Waals surface area contributed by atoms with Crippen LogP contribution >= 0.6 is 23.2 Å². The van der Waals surface area contributed by atoms with E-state index in [1.807, 2.05) is 14.0 Å². The molecule has 0 saturated heterocycles. The lowest BCUT2D eigenvalue weighted by molar-refractivity contribution is 0.450. The van der Waals surface area contributed by atoms with E-state index in [4.69, 9.17) is 23.2 Å². The third-order valence-electron chi connectivity index (χ3n) is 3.10. The van der Waals surface area contributed by atoms with Gasteiger partial charge in [0.1, 0.15) is 5.82 Å². The Morgan fingerprint density at radius 1 is 1.29 bits per heavy atom. The van der Waals surface area contributed by atoms with Gasteiger partial charge in [0.15, 0.2) is 0 Å². The summed E-state index contributed by atoms with van der Waals surface area (Å²) in [5.74, 6) is -0.261. The largest absolute Gasteiger partial charge is 0.316 e. The van der Waals surface area contributed by atoms with Crippen molar-refractivity contribution in [3.63, 3.8) is 0 Å². The van der Waals surface area contributed by atoms with Crippen LogP contribution in [0, 0.1) is 5.82 Å². The zero-order valence-corrected chi connectivity index (χ0v) is 11.9. The second-order valence-electron chi connectivity index (χ2n) is 4.26. The molecule has 0 saturated carbocycles. The Bertz CT molecular complexity index is 382. The summed E-state index contributed by atoms with van der Waals surface area (Å²) in [6.07, 6.45) is 2.10. The highest BCUT2D eigenvalue weighted by molar-refractivity contribution is 6.35. The maximum absolute atomic E-state index is 13.5. The minimum absolute atomic E-state index is 0.0717. The molecule has 0 aliphatic carbocycles. The van der Waals surface area contributed by atoms with Gasteiger partial charge in [0, 0.05) is 11.1 Å². The zero-order chi connectivity index (χ0) is 13.0. The van der Waals surface area contributed by atoms with Crippen molar-refractivity contribution in [1.82, 2.24) is 5.32 Å². The Labute approximate surface area is 112 Å². The summed E-state index contributed by atoms with van der Waals surface area (Å²) in [7, 11) is 1.91. The van der Waals surface area contributed by atoms with Gasteiger partial charge in [-0.15, -0.1) is 0 Å². The van der Waals surface area contributed by atoms with Crippen molar-refractivity contribution in [2.45, 2.75) is 38.6 Å². The molecule has 1 aromatic rings. The Hall–Kier alpha value is -0.310. The maximum atomic E-state index is 13.5. The molecule has 2 unspecified atom stereocenters. The van der Waals surface area contributed by atoms with Crippen LogP contribution in [-0.2, 0) is 0 Å². The quantitative estimate of drug-likeness (QED) is 0.775. The number of halogens is 3. The lowest BCUT2D eigenvalue weighted by Crippen LogP contribution is -2.30. The molecule has 1 nitrogen and oxygen atoms in total. The smallest absolute Gasteiger partial charge is 0.142 e. The molecule has 17 heavy (non-hydrogen) atoms. The van der Waals surface area contributed by atoms with Crippen molar-refractivity contribution in [2.75, 3.05) is 7.05 Å². The van der Waals surface area contributed by atoms with E-state index in [2.05, 4.69) is 12.2 Å². The van der Waals surface area contributed by atoms with Gasteiger partial charge in [0.25, 0.3) is 0 Å².